The van der Waals surface area contributed by atoms with Gasteiger partial charge in [-0.1, -0.05) is 17.8 Å². The first-order valence-electron chi connectivity index (χ1n) is 9.65. The molecule has 1 aliphatic rings. The Kier molecular flexibility index (Phi) is 7.18. The van der Waals surface area contributed by atoms with E-state index in [1.807, 2.05) is 18.7 Å². The van der Waals surface area contributed by atoms with Gasteiger partial charge >= 0.3 is 0 Å². The Morgan fingerprint density at radius 1 is 1.07 bits per heavy atom. The number of anilines is 2. The molecule has 3 rings (SSSR count). The molecule has 9 heteroatoms. The van der Waals surface area contributed by atoms with Crippen molar-refractivity contribution in [2.75, 3.05) is 23.7 Å². The molecule has 2 aromatic rings. The van der Waals surface area contributed by atoms with Crippen LogP contribution in [0.4, 0.5) is 11.4 Å². The minimum absolute atomic E-state index is 0.0191. The van der Waals surface area contributed by atoms with Crippen LogP contribution in [-0.2, 0) is 9.59 Å². The van der Waals surface area contributed by atoms with Gasteiger partial charge in [-0.15, -0.1) is 0 Å². The fourth-order valence-corrected chi connectivity index (χ4v) is 4.09. The molecule has 8 nitrogen and oxygen atoms in total. The number of carbonyl (C=O) groups excluding carboxylic acids is 3. The lowest BCUT2D eigenvalue weighted by atomic mass is 10.1. The van der Waals surface area contributed by atoms with Crippen molar-refractivity contribution in [3.8, 4) is 0 Å². The standard InChI is InChI=1S/C21H23N5O3S/c1-3-26(4-2)21-25-20(29)17(30-21)13-18(27)23-16-7-5-6-14(12-16)19(28)24-15-8-10-22-11-9-15/h5-12,17H,3-4,13H2,1-2H3,(H,23,27)(H,22,24,28)/t17-/m1/s1. The number of hydrogen-bond acceptors (Lipinski definition) is 6. The highest BCUT2D eigenvalue weighted by atomic mass is 32.2. The van der Waals surface area contributed by atoms with Crippen molar-refractivity contribution in [1.82, 2.24) is 9.88 Å². The van der Waals surface area contributed by atoms with Gasteiger partial charge in [-0.05, 0) is 44.2 Å². The maximum atomic E-state index is 12.5. The summed E-state index contributed by atoms with van der Waals surface area (Å²) in [5, 5.41) is 5.67. The zero-order chi connectivity index (χ0) is 21.5. The lowest BCUT2D eigenvalue weighted by molar-refractivity contribution is -0.121. The smallest absolute Gasteiger partial charge is 0.262 e. The van der Waals surface area contributed by atoms with Gasteiger partial charge in [0, 0.05) is 48.8 Å². The van der Waals surface area contributed by atoms with Crippen molar-refractivity contribution in [2.45, 2.75) is 25.5 Å². The number of thioether (sulfide) groups is 1. The summed E-state index contributed by atoms with van der Waals surface area (Å²) in [7, 11) is 0. The topological polar surface area (TPSA) is 104 Å². The molecule has 0 saturated carbocycles. The third-order valence-corrected chi connectivity index (χ3v) is 5.69. The van der Waals surface area contributed by atoms with Crippen molar-refractivity contribution in [3.05, 3.63) is 54.4 Å². The van der Waals surface area contributed by atoms with Crippen LogP contribution in [0.3, 0.4) is 0 Å². The lowest BCUT2D eigenvalue weighted by Gasteiger charge is -2.19. The van der Waals surface area contributed by atoms with Crippen molar-refractivity contribution in [1.29, 1.82) is 0 Å². The summed E-state index contributed by atoms with van der Waals surface area (Å²) < 4.78 is 0. The first kappa shape index (κ1) is 21.5. The molecule has 1 aliphatic heterocycles. The monoisotopic (exact) mass is 425 g/mol. The number of nitrogens with one attached hydrogen (secondary N) is 2. The van der Waals surface area contributed by atoms with Crippen LogP contribution >= 0.6 is 11.8 Å². The average Bonchev–Trinajstić information content (AvgIpc) is 3.09. The van der Waals surface area contributed by atoms with Gasteiger partial charge in [0.15, 0.2) is 5.17 Å². The number of amidine groups is 1. The largest absolute Gasteiger partial charge is 0.352 e. The summed E-state index contributed by atoms with van der Waals surface area (Å²) in [6.07, 6.45) is 3.19. The molecule has 0 bridgehead atoms. The fourth-order valence-electron chi connectivity index (χ4n) is 2.90. The first-order chi connectivity index (χ1) is 14.5. The summed E-state index contributed by atoms with van der Waals surface area (Å²) in [4.78, 5) is 47.0. The molecule has 1 aromatic heterocycles. The van der Waals surface area contributed by atoms with Gasteiger partial charge in [-0.3, -0.25) is 19.4 Å². The van der Waals surface area contributed by atoms with Gasteiger partial charge in [0.25, 0.3) is 11.8 Å². The molecule has 0 aliphatic carbocycles. The summed E-state index contributed by atoms with van der Waals surface area (Å²) in [6.45, 7) is 5.50. The molecule has 2 N–H and O–H groups in total. The van der Waals surface area contributed by atoms with Gasteiger partial charge in [-0.25, -0.2) is 0 Å². The zero-order valence-corrected chi connectivity index (χ0v) is 17.6. The Hall–Kier alpha value is -3.20. The van der Waals surface area contributed by atoms with Gasteiger partial charge in [0.1, 0.15) is 5.25 Å². The second kappa shape index (κ2) is 10.0. The van der Waals surface area contributed by atoms with E-state index in [-0.39, 0.29) is 24.1 Å². The minimum atomic E-state index is -0.529. The highest BCUT2D eigenvalue weighted by Gasteiger charge is 2.32. The van der Waals surface area contributed by atoms with E-state index in [0.717, 1.165) is 13.1 Å². The Bertz CT molecular complexity index is 960. The van der Waals surface area contributed by atoms with Gasteiger partial charge in [0.2, 0.25) is 5.91 Å². The molecule has 0 radical (unpaired) electrons. The van der Waals surface area contributed by atoms with Crippen LogP contribution in [-0.4, -0.2) is 51.1 Å². The molecule has 0 unspecified atom stereocenters. The lowest BCUT2D eigenvalue weighted by Crippen LogP contribution is -2.27. The highest BCUT2D eigenvalue weighted by molar-refractivity contribution is 8.15. The number of rotatable bonds is 7. The van der Waals surface area contributed by atoms with E-state index in [2.05, 4.69) is 20.6 Å². The van der Waals surface area contributed by atoms with E-state index < -0.39 is 5.25 Å². The Balaban J connectivity index is 1.58. The second-order valence-electron chi connectivity index (χ2n) is 6.53. The summed E-state index contributed by atoms with van der Waals surface area (Å²) in [5.74, 6) is -0.887. The number of aliphatic imine (C=N–C) groups is 1. The van der Waals surface area contributed by atoms with Crippen LogP contribution in [0, 0.1) is 0 Å². The SMILES string of the molecule is CCN(CC)C1=NC(=O)[C@@H](CC(=O)Nc2cccc(C(=O)Nc3ccncc3)c2)S1. The van der Waals surface area contributed by atoms with Crippen molar-refractivity contribution in [2.24, 2.45) is 4.99 Å². The van der Waals surface area contributed by atoms with Crippen molar-refractivity contribution < 1.29 is 14.4 Å². The van der Waals surface area contributed by atoms with Crippen LogP contribution in [0.1, 0.15) is 30.6 Å². The van der Waals surface area contributed by atoms with E-state index in [1.165, 1.54) is 11.8 Å². The van der Waals surface area contributed by atoms with Crippen LogP contribution in [0.2, 0.25) is 0 Å². The predicted molar refractivity (Wildman–Crippen MR) is 119 cm³/mol. The number of carbonyl (C=O) groups is 3. The van der Waals surface area contributed by atoms with Gasteiger partial charge < -0.3 is 15.5 Å². The van der Waals surface area contributed by atoms with Gasteiger partial charge in [0.05, 0.1) is 0 Å². The Morgan fingerprint density at radius 2 is 1.80 bits per heavy atom. The number of benzene rings is 1. The minimum Gasteiger partial charge on any atom is -0.352 e. The summed E-state index contributed by atoms with van der Waals surface area (Å²) in [6, 6.07) is 10.0. The maximum Gasteiger partial charge on any atom is 0.262 e. The molecule has 156 valence electrons. The van der Waals surface area contributed by atoms with E-state index >= 15 is 0 Å². The molecular formula is C21H23N5O3S. The second-order valence-corrected chi connectivity index (χ2v) is 7.70. The fraction of sp³-hybridized carbons (Fsp3) is 0.286. The quantitative estimate of drug-likeness (QED) is 0.707. The molecule has 0 spiro atoms. The van der Waals surface area contributed by atoms with E-state index in [9.17, 15) is 14.4 Å². The number of aromatic nitrogens is 1. The Morgan fingerprint density at radius 3 is 2.50 bits per heavy atom. The molecule has 1 atom stereocenters. The van der Waals surface area contributed by atoms with E-state index in [1.54, 1.807) is 48.8 Å². The summed E-state index contributed by atoms with van der Waals surface area (Å²) >= 11 is 1.32. The number of amides is 3. The van der Waals surface area contributed by atoms with Crippen LogP contribution in [0.25, 0.3) is 0 Å². The summed E-state index contributed by atoms with van der Waals surface area (Å²) in [5.41, 5.74) is 1.52. The zero-order valence-electron chi connectivity index (χ0n) is 16.8. The average molecular weight is 426 g/mol. The highest BCUT2D eigenvalue weighted by Crippen LogP contribution is 2.27. The molecule has 0 fully saturated rings. The maximum absolute atomic E-state index is 12.5. The predicted octanol–water partition coefficient (Wildman–Crippen LogP) is 3.00. The van der Waals surface area contributed by atoms with Crippen LogP contribution in [0.5, 0.6) is 0 Å². The molecule has 2 heterocycles. The molecular weight excluding hydrogens is 402 g/mol. The number of nitrogens with zero attached hydrogens (tertiary/aromatic N) is 3. The van der Waals surface area contributed by atoms with Crippen molar-refractivity contribution in [3.63, 3.8) is 0 Å². The normalized spacial score (nSPS) is 15.5. The number of pyridine rings is 1. The van der Waals surface area contributed by atoms with E-state index in [0.29, 0.717) is 22.1 Å². The Labute approximate surface area is 179 Å². The van der Waals surface area contributed by atoms with E-state index in [4.69, 9.17) is 0 Å². The van der Waals surface area contributed by atoms with Crippen LogP contribution < -0.4 is 10.6 Å². The number of hydrogen-bond donors (Lipinski definition) is 2. The molecule has 30 heavy (non-hydrogen) atoms. The third kappa shape index (κ3) is 5.44. The van der Waals surface area contributed by atoms with Crippen LogP contribution in [0.15, 0.2) is 53.8 Å². The molecule has 0 saturated heterocycles. The third-order valence-electron chi connectivity index (χ3n) is 4.48. The molecule has 3 amide bonds. The van der Waals surface area contributed by atoms with Gasteiger partial charge in [-0.2, -0.15) is 4.99 Å². The van der Waals surface area contributed by atoms with Crippen molar-refractivity contribution >= 4 is 46.0 Å². The first-order valence-corrected chi connectivity index (χ1v) is 10.5. The molecule has 1 aromatic carbocycles.